The van der Waals surface area contributed by atoms with Gasteiger partial charge in [-0.05, 0) is 72.4 Å². The molecule has 220 valence electrons. The first-order valence-corrected chi connectivity index (χ1v) is 14.5. The smallest absolute Gasteiger partial charge is 0.425 e. The third-order valence-electron chi connectivity index (χ3n) is 6.94. The maximum absolute atomic E-state index is 13.0. The average Bonchev–Trinajstić information content (AvgIpc) is 2.97. The molecular weight excluding hydrogens is 529 g/mol. The summed E-state index contributed by atoms with van der Waals surface area (Å²) in [5.74, 6) is -1.51. The molecule has 0 aliphatic heterocycles. The fourth-order valence-corrected chi connectivity index (χ4v) is 4.52. The summed E-state index contributed by atoms with van der Waals surface area (Å²) < 4.78 is 49.2. The van der Waals surface area contributed by atoms with E-state index in [9.17, 15) is 22.8 Å². The minimum absolute atomic E-state index is 0.0621. The minimum atomic E-state index is -4.63. The fourth-order valence-electron chi connectivity index (χ4n) is 4.52. The van der Waals surface area contributed by atoms with Crippen LogP contribution < -0.4 is 4.74 Å². The Labute approximate surface area is 240 Å². The molecule has 7 heteroatoms. The van der Waals surface area contributed by atoms with Crippen LogP contribution in [0, 0.1) is 0 Å². The van der Waals surface area contributed by atoms with Gasteiger partial charge in [0.05, 0.1) is 11.1 Å². The Kier molecular flexibility index (Phi) is 12.4. The number of rotatable bonds is 15. The number of ether oxygens (including phenoxy) is 2. The highest BCUT2D eigenvalue weighted by Gasteiger charge is 2.42. The van der Waals surface area contributed by atoms with Crippen molar-refractivity contribution in [1.29, 1.82) is 0 Å². The van der Waals surface area contributed by atoms with E-state index < -0.39 is 24.2 Å². The van der Waals surface area contributed by atoms with Gasteiger partial charge in [-0.25, -0.2) is 9.59 Å². The molecule has 4 nitrogen and oxygen atoms in total. The molecule has 3 aromatic rings. The molecule has 41 heavy (non-hydrogen) atoms. The topological polar surface area (TPSA) is 52.6 Å². The predicted octanol–water partition coefficient (Wildman–Crippen LogP) is 9.75. The SMILES string of the molecule is CCCCCCCCCc1ccc(-c2ccc(C(=O)Oc3ccc(C(=O)OC(CCC)C(F)(F)F)cc3)cc2)cc1. The first kappa shape index (κ1) is 31.9. The van der Waals surface area contributed by atoms with E-state index in [1.165, 1.54) is 74.8 Å². The van der Waals surface area contributed by atoms with Gasteiger partial charge in [0.2, 0.25) is 0 Å². The standard InChI is InChI=1S/C34H39F3O4/c1-3-5-6-7-8-9-10-12-25-13-15-26(16-14-25)27-17-19-28(20-18-27)32(38)40-30-23-21-29(22-24-30)33(39)41-31(11-4-2)34(35,36)37/h13-24,31H,3-12H2,1-2H3. The van der Waals surface area contributed by atoms with Gasteiger partial charge in [-0.1, -0.05) is 95.2 Å². The van der Waals surface area contributed by atoms with Crippen LogP contribution in [-0.2, 0) is 11.2 Å². The average molecular weight is 569 g/mol. The number of carbonyl (C=O) groups excluding carboxylic acids is 2. The summed E-state index contributed by atoms with van der Waals surface area (Å²) in [5.41, 5.74) is 3.64. The summed E-state index contributed by atoms with van der Waals surface area (Å²) in [5, 5.41) is 0. The van der Waals surface area contributed by atoms with Crippen molar-refractivity contribution < 1.29 is 32.2 Å². The third-order valence-corrected chi connectivity index (χ3v) is 6.94. The Hall–Kier alpha value is -3.61. The number of hydrogen-bond acceptors (Lipinski definition) is 4. The second-order valence-corrected chi connectivity index (χ2v) is 10.3. The molecule has 0 saturated carbocycles. The van der Waals surface area contributed by atoms with Crippen molar-refractivity contribution in [2.24, 2.45) is 0 Å². The first-order chi connectivity index (χ1) is 19.7. The Bertz CT molecular complexity index is 1220. The molecule has 0 radical (unpaired) electrons. The van der Waals surface area contributed by atoms with E-state index in [2.05, 4.69) is 35.9 Å². The highest BCUT2D eigenvalue weighted by molar-refractivity contribution is 5.92. The van der Waals surface area contributed by atoms with Crippen LogP contribution in [0.5, 0.6) is 5.75 Å². The Morgan fingerprint density at radius 3 is 1.73 bits per heavy atom. The van der Waals surface area contributed by atoms with E-state index in [1.54, 1.807) is 19.1 Å². The van der Waals surface area contributed by atoms with E-state index in [1.807, 2.05) is 12.1 Å². The fraction of sp³-hybridized carbons (Fsp3) is 0.412. The van der Waals surface area contributed by atoms with Crippen LogP contribution in [-0.4, -0.2) is 24.2 Å². The molecule has 1 unspecified atom stereocenters. The highest BCUT2D eigenvalue weighted by Crippen LogP contribution is 2.28. The minimum Gasteiger partial charge on any atom is -0.449 e. The molecule has 0 fully saturated rings. The van der Waals surface area contributed by atoms with Crippen molar-refractivity contribution in [3.05, 3.63) is 89.5 Å². The lowest BCUT2D eigenvalue weighted by Crippen LogP contribution is -2.33. The Balaban J connectivity index is 1.50. The Morgan fingerprint density at radius 2 is 1.17 bits per heavy atom. The van der Waals surface area contributed by atoms with Gasteiger partial charge in [0.15, 0.2) is 6.10 Å². The largest absolute Gasteiger partial charge is 0.449 e. The summed E-state index contributed by atoms with van der Waals surface area (Å²) >= 11 is 0. The number of halogens is 3. The second-order valence-electron chi connectivity index (χ2n) is 10.3. The van der Waals surface area contributed by atoms with E-state index in [0.717, 1.165) is 17.5 Å². The van der Waals surface area contributed by atoms with Crippen LogP contribution in [0.25, 0.3) is 11.1 Å². The van der Waals surface area contributed by atoms with Crippen molar-refractivity contribution in [3.8, 4) is 16.9 Å². The molecule has 3 aromatic carbocycles. The summed E-state index contributed by atoms with van der Waals surface area (Å²) in [6.45, 7) is 3.82. The lowest BCUT2D eigenvalue weighted by Gasteiger charge is -2.20. The number of alkyl halides is 3. The van der Waals surface area contributed by atoms with Crippen molar-refractivity contribution >= 4 is 11.9 Å². The molecule has 0 heterocycles. The van der Waals surface area contributed by atoms with Crippen LogP contribution in [0.15, 0.2) is 72.8 Å². The summed E-state index contributed by atoms with van der Waals surface area (Å²) in [6, 6.07) is 20.8. The molecule has 0 amide bonds. The predicted molar refractivity (Wildman–Crippen MR) is 155 cm³/mol. The van der Waals surface area contributed by atoms with Gasteiger partial charge >= 0.3 is 18.1 Å². The number of hydrogen-bond donors (Lipinski definition) is 0. The lowest BCUT2D eigenvalue weighted by molar-refractivity contribution is -0.206. The van der Waals surface area contributed by atoms with Crippen LogP contribution in [0.2, 0.25) is 0 Å². The molecule has 0 aromatic heterocycles. The number of unbranched alkanes of at least 4 members (excludes halogenated alkanes) is 6. The summed E-state index contributed by atoms with van der Waals surface area (Å²) in [7, 11) is 0. The monoisotopic (exact) mass is 568 g/mol. The Morgan fingerprint density at radius 1 is 0.659 bits per heavy atom. The number of carbonyl (C=O) groups is 2. The van der Waals surface area contributed by atoms with Gasteiger partial charge in [0.25, 0.3) is 0 Å². The molecule has 0 bridgehead atoms. The molecule has 1 atom stereocenters. The molecule has 3 rings (SSSR count). The number of benzene rings is 3. The van der Waals surface area contributed by atoms with Gasteiger partial charge in [-0.15, -0.1) is 0 Å². The van der Waals surface area contributed by atoms with Crippen molar-refractivity contribution in [2.45, 2.75) is 90.3 Å². The molecule has 0 aliphatic carbocycles. The summed E-state index contributed by atoms with van der Waals surface area (Å²) in [4.78, 5) is 24.8. The molecular formula is C34H39F3O4. The van der Waals surface area contributed by atoms with Crippen LogP contribution in [0.4, 0.5) is 13.2 Å². The lowest BCUT2D eigenvalue weighted by atomic mass is 10.00. The van der Waals surface area contributed by atoms with E-state index in [0.29, 0.717) is 5.56 Å². The molecule has 0 saturated heterocycles. The van der Waals surface area contributed by atoms with Gasteiger partial charge < -0.3 is 9.47 Å². The van der Waals surface area contributed by atoms with E-state index in [4.69, 9.17) is 4.74 Å². The summed E-state index contributed by atoms with van der Waals surface area (Å²) in [6.07, 6.45) is 3.23. The molecule has 0 aliphatic rings. The molecule has 0 N–H and O–H groups in total. The van der Waals surface area contributed by atoms with Crippen molar-refractivity contribution in [1.82, 2.24) is 0 Å². The zero-order valence-electron chi connectivity index (χ0n) is 23.8. The maximum atomic E-state index is 13.0. The number of esters is 2. The van der Waals surface area contributed by atoms with E-state index >= 15 is 0 Å². The van der Waals surface area contributed by atoms with Crippen LogP contribution in [0.3, 0.4) is 0 Å². The van der Waals surface area contributed by atoms with Gasteiger partial charge in [0.1, 0.15) is 5.75 Å². The normalized spacial score (nSPS) is 12.1. The zero-order chi connectivity index (χ0) is 29.7. The first-order valence-electron chi connectivity index (χ1n) is 14.5. The highest BCUT2D eigenvalue weighted by atomic mass is 19.4. The zero-order valence-corrected chi connectivity index (χ0v) is 23.8. The maximum Gasteiger partial charge on any atom is 0.425 e. The number of aryl methyl sites for hydroxylation is 1. The van der Waals surface area contributed by atoms with E-state index in [-0.39, 0.29) is 24.2 Å². The molecule has 0 spiro atoms. The van der Waals surface area contributed by atoms with Crippen molar-refractivity contribution in [2.75, 3.05) is 0 Å². The van der Waals surface area contributed by atoms with Gasteiger partial charge in [-0.2, -0.15) is 13.2 Å². The second kappa shape index (κ2) is 16.0. The van der Waals surface area contributed by atoms with Gasteiger partial charge in [0, 0.05) is 0 Å². The van der Waals surface area contributed by atoms with Crippen LogP contribution >= 0.6 is 0 Å². The van der Waals surface area contributed by atoms with Crippen molar-refractivity contribution in [3.63, 3.8) is 0 Å². The third kappa shape index (κ3) is 10.4. The van der Waals surface area contributed by atoms with Crippen LogP contribution in [0.1, 0.15) is 97.9 Å². The quantitative estimate of drug-likeness (QED) is 0.104. The van der Waals surface area contributed by atoms with Gasteiger partial charge in [-0.3, -0.25) is 0 Å².